The Kier molecular flexibility index (Phi) is 4.88. The quantitative estimate of drug-likeness (QED) is 0.923. The van der Waals surface area contributed by atoms with Crippen molar-refractivity contribution in [1.82, 2.24) is 9.80 Å². The van der Waals surface area contributed by atoms with E-state index in [9.17, 15) is 9.50 Å². The summed E-state index contributed by atoms with van der Waals surface area (Å²) in [7, 11) is 0. The first kappa shape index (κ1) is 14.9. The minimum absolute atomic E-state index is 0.250. The number of nitrogens with zero attached hydrogens (tertiary/aromatic N) is 2. The van der Waals surface area contributed by atoms with Crippen molar-refractivity contribution in [2.45, 2.75) is 37.8 Å². The Balaban J connectivity index is 1.50. The van der Waals surface area contributed by atoms with Crippen molar-refractivity contribution in [2.75, 3.05) is 32.7 Å². The zero-order chi connectivity index (χ0) is 14.7. The van der Waals surface area contributed by atoms with Crippen molar-refractivity contribution in [3.8, 4) is 0 Å². The molecule has 0 amide bonds. The second kappa shape index (κ2) is 6.86. The number of hydrogen-bond acceptors (Lipinski definition) is 3. The van der Waals surface area contributed by atoms with Crippen LogP contribution in [0.1, 0.15) is 37.4 Å². The number of hydrogen-bond donors (Lipinski definition) is 1. The van der Waals surface area contributed by atoms with E-state index in [4.69, 9.17) is 0 Å². The lowest BCUT2D eigenvalue weighted by molar-refractivity contribution is 0.137. The van der Waals surface area contributed by atoms with E-state index in [0.717, 1.165) is 37.7 Å². The molecule has 1 N–H and O–H groups in total. The van der Waals surface area contributed by atoms with Gasteiger partial charge in [0.15, 0.2) is 0 Å². The Morgan fingerprint density at radius 3 is 2.71 bits per heavy atom. The van der Waals surface area contributed by atoms with Crippen LogP contribution in [0, 0.1) is 5.82 Å². The van der Waals surface area contributed by atoms with Crippen LogP contribution in [0.25, 0.3) is 0 Å². The highest BCUT2D eigenvalue weighted by atomic mass is 19.1. The molecule has 2 aliphatic heterocycles. The summed E-state index contributed by atoms with van der Waals surface area (Å²) in [5, 5.41) is 10.2. The lowest BCUT2D eigenvalue weighted by Gasteiger charge is -2.26. The summed E-state index contributed by atoms with van der Waals surface area (Å²) in [6, 6.07) is 6.92. The van der Waals surface area contributed by atoms with Crippen LogP contribution >= 0.6 is 0 Å². The van der Waals surface area contributed by atoms with Crippen molar-refractivity contribution < 1.29 is 9.50 Å². The molecule has 0 saturated carbocycles. The molecular weight excluding hydrogens is 267 g/mol. The second-order valence-corrected chi connectivity index (χ2v) is 6.34. The molecule has 0 aliphatic carbocycles. The maximum Gasteiger partial charge on any atom is 0.123 e. The van der Waals surface area contributed by atoms with Gasteiger partial charge in [0.05, 0.1) is 6.10 Å². The first-order valence-corrected chi connectivity index (χ1v) is 8.12. The van der Waals surface area contributed by atoms with Crippen molar-refractivity contribution in [3.63, 3.8) is 0 Å². The largest absolute Gasteiger partial charge is 0.388 e. The fourth-order valence-electron chi connectivity index (χ4n) is 3.64. The maximum atomic E-state index is 12.9. The Morgan fingerprint density at radius 1 is 1.14 bits per heavy atom. The van der Waals surface area contributed by atoms with Gasteiger partial charge >= 0.3 is 0 Å². The SMILES string of the molecule is OC(CCN1CCCN2CCCC2C1)c1ccc(F)cc1. The lowest BCUT2D eigenvalue weighted by atomic mass is 10.1. The molecule has 21 heavy (non-hydrogen) atoms. The zero-order valence-electron chi connectivity index (χ0n) is 12.5. The predicted molar refractivity (Wildman–Crippen MR) is 81.6 cm³/mol. The molecule has 2 fully saturated rings. The highest BCUT2D eigenvalue weighted by molar-refractivity contribution is 5.18. The first-order valence-electron chi connectivity index (χ1n) is 8.12. The minimum atomic E-state index is -0.492. The van der Waals surface area contributed by atoms with E-state index < -0.39 is 6.10 Å². The van der Waals surface area contributed by atoms with Gasteiger partial charge < -0.3 is 10.0 Å². The molecule has 1 aromatic rings. The lowest BCUT2D eigenvalue weighted by Crippen LogP contribution is -2.37. The fourth-order valence-corrected chi connectivity index (χ4v) is 3.64. The number of halogens is 1. The summed E-state index contributed by atoms with van der Waals surface area (Å²) in [6.07, 6.45) is 4.10. The van der Waals surface area contributed by atoms with Crippen molar-refractivity contribution in [2.24, 2.45) is 0 Å². The zero-order valence-corrected chi connectivity index (χ0v) is 12.5. The van der Waals surface area contributed by atoms with Crippen LogP contribution in [0.4, 0.5) is 4.39 Å². The second-order valence-electron chi connectivity index (χ2n) is 6.34. The summed E-state index contributed by atoms with van der Waals surface area (Å²) < 4.78 is 12.9. The van der Waals surface area contributed by atoms with Crippen LogP contribution in [0.15, 0.2) is 24.3 Å². The van der Waals surface area contributed by atoms with Crippen LogP contribution in [0.5, 0.6) is 0 Å². The average molecular weight is 292 g/mol. The maximum absolute atomic E-state index is 12.9. The molecule has 2 saturated heterocycles. The van der Waals surface area contributed by atoms with Gasteiger partial charge in [0.1, 0.15) is 5.82 Å². The third-order valence-electron chi connectivity index (χ3n) is 4.86. The van der Waals surface area contributed by atoms with Gasteiger partial charge in [0.2, 0.25) is 0 Å². The molecule has 116 valence electrons. The summed E-state index contributed by atoms with van der Waals surface area (Å²) in [5.41, 5.74) is 0.814. The predicted octanol–water partition coefficient (Wildman–Crippen LogP) is 2.42. The Morgan fingerprint density at radius 2 is 1.90 bits per heavy atom. The van der Waals surface area contributed by atoms with Gasteiger partial charge in [-0.2, -0.15) is 0 Å². The Hall–Kier alpha value is -0.970. The first-order chi connectivity index (χ1) is 10.2. The third kappa shape index (κ3) is 3.82. The number of rotatable bonds is 4. The van der Waals surface area contributed by atoms with Crippen molar-refractivity contribution >= 4 is 0 Å². The monoisotopic (exact) mass is 292 g/mol. The molecule has 0 bridgehead atoms. The normalized spacial score (nSPS) is 25.5. The van der Waals surface area contributed by atoms with Crippen LogP contribution in [-0.4, -0.2) is 53.7 Å². The number of benzene rings is 1. The molecule has 3 nitrogen and oxygen atoms in total. The summed E-state index contributed by atoms with van der Waals surface area (Å²) in [5.74, 6) is -0.250. The molecule has 3 rings (SSSR count). The topological polar surface area (TPSA) is 26.7 Å². The molecule has 1 aromatic carbocycles. The van der Waals surface area contributed by atoms with E-state index in [0.29, 0.717) is 0 Å². The molecule has 2 heterocycles. The van der Waals surface area contributed by atoms with Gasteiger partial charge in [0, 0.05) is 19.1 Å². The van der Waals surface area contributed by atoms with E-state index >= 15 is 0 Å². The van der Waals surface area contributed by atoms with Crippen LogP contribution < -0.4 is 0 Å². The molecule has 0 spiro atoms. The van der Waals surface area contributed by atoms with Gasteiger partial charge in [-0.1, -0.05) is 12.1 Å². The summed E-state index contributed by atoms with van der Waals surface area (Å²) in [4.78, 5) is 5.11. The van der Waals surface area contributed by atoms with Gasteiger partial charge in [0.25, 0.3) is 0 Å². The molecule has 0 radical (unpaired) electrons. The van der Waals surface area contributed by atoms with Gasteiger partial charge in [-0.25, -0.2) is 4.39 Å². The van der Waals surface area contributed by atoms with Crippen LogP contribution in [0.2, 0.25) is 0 Å². The highest BCUT2D eigenvalue weighted by Crippen LogP contribution is 2.23. The molecule has 4 heteroatoms. The average Bonchev–Trinajstić information content (AvgIpc) is 2.83. The molecule has 2 aliphatic rings. The summed E-state index contributed by atoms with van der Waals surface area (Å²) in [6.45, 7) is 5.67. The van der Waals surface area contributed by atoms with Crippen LogP contribution in [-0.2, 0) is 0 Å². The van der Waals surface area contributed by atoms with Gasteiger partial charge in [-0.3, -0.25) is 4.90 Å². The fraction of sp³-hybridized carbons (Fsp3) is 0.647. The van der Waals surface area contributed by atoms with E-state index in [2.05, 4.69) is 9.80 Å². The van der Waals surface area contributed by atoms with Crippen molar-refractivity contribution in [1.29, 1.82) is 0 Å². The van der Waals surface area contributed by atoms with E-state index in [1.54, 1.807) is 12.1 Å². The third-order valence-corrected chi connectivity index (χ3v) is 4.86. The summed E-state index contributed by atoms with van der Waals surface area (Å²) >= 11 is 0. The smallest absolute Gasteiger partial charge is 0.123 e. The van der Waals surface area contributed by atoms with Gasteiger partial charge in [-0.15, -0.1) is 0 Å². The molecule has 0 aromatic heterocycles. The molecule has 2 unspecified atom stereocenters. The number of aliphatic hydroxyl groups excluding tert-OH is 1. The molecule has 2 atom stereocenters. The number of fused-ring (bicyclic) bond motifs is 1. The Labute approximate surface area is 126 Å². The standard InChI is InChI=1S/C17H25FN2O/c18-15-6-4-14(5-7-15)17(21)8-12-19-9-2-11-20-10-1-3-16(20)13-19/h4-7,16-17,21H,1-3,8-13H2. The highest BCUT2D eigenvalue weighted by Gasteiger charge is 2.28. The number of aliphatic hydroxyl groups is 1. The van der Waals surface area contributed by atoms with Crippen molar-refractivity contribution in [3.05, 3.63) is 35.6 Å². The van der Waals surface area contributed by atoms with E-state index in [1.807, 2.05) is 0 Å². The van der Waals surface area contributed by atoms with E-state index in [1.165, 1.54) is 44.5 Å². The van der Waals surface area contributed by atoms with Crippen LogP contribution in [0.3, 0.4) is 0 Å². The Bertz CT molecular complexity index is 451. The van der Waals surface area contributed by atoms with Gasteiger partial charge in [-0.05, 0) is 63.0 Å². The van der Waals surface area contributed by atoms with E-state index in [-0.39, 0.29) is 5.82 Å². The minimum Gasteiger partial charge on any atom is -0.388 e. The molecular formula is C17H25FN2O.